The van der Waals surface area contributed by atoms with Crippen molar-refractivity contribution in [2.45, 2.75) is 19.8 Å². The molecule has 1 heterocycles. The molecule has 1 amide bonds. The monoisotopic (exact) mass is 320 g/mol. The first kappa shape index (κ1) is 16.0. The first-order valence-corrected chi connectivity index (χ1v) is 8.06. The molecule has 0 unspecified atom stereocenters. The summed E-state index contributed by atoms with van der Waals surface area (Å²) in [6.07, 6.45) is 3.13. The van der Waals surface area contributed by atoms with E-state index in [0.717, 1.165) is 24.0 Å². The summed E-state index contributed by atoms with van der Waals surface area (Å²) in [5.41, 5.74) is 3.58. The number of hydrogen-bond donors (Lipinski definition) is 1. The van der Waals surface area contributed by atoms with Crippen LogP contribution >= 0.6 is 0 Å². The Kier molecular flexibility index (Phi) is 5.06. The van der Waals surface area contributed by atoms with Crippen LogP contribution in [0.1, 0.15) is 28.0 Å². The van der Waals surface area contributed by atoms with Crippen LogP contribution in [0.5, 0.6) is 0 Å². The molecule has 4 heteroatoms. The lowest BCUT2D eigenvalue weighted by Gasteiger charge is -2.05. The summed E-state index contributed by atoms with van der Waals surface area (Å²) in [6, 6.07) is 18.1. The first-order valence-electron chi connectivity index (χ1n) is 8.06. The van der Waals surface area contributed by atoms with Crippen molar-refractivity contribution < 1.29 is 9.21 Å². The summed E-state index contributed by atoms with van der Waals surface area (Å²) in [5, 5.41) is 2.92. The Morgan fingerprint density at radius 1 is 1.12 bits per heavy atom. The van der Waals surface area contributed by atoms with Crippen LogP contribution in [0.4, 0.5) is 0 Å². The zero-order valence-corrected chi connectivity index (χ0v) is 13.7. The topological polar surface area (TPSA) is 55.1 Å². The molecule has 4 nitrogen and oxygen atoms in total. The van der Waals surface area contributed by atoms with Crippen molar-refractivity contribution in [1.82, 2.24) is 10.3 Å². The van der Waals surface area contributed by atoms with Gasteiger partial charge in [0.1, 0.15) is 0 Å². The molecule has 0 aliphatic carbocycles. The van der Waals surface area contributed by atoms with Gasteiger partial charge in [-0.2, -0.15) is 0 Å². The van der Waals surface area contributed by atoms with E-state index >= 15 is 0 Å². The molecule has 0 spiro atoms. The minimum atomic E-state index is -0.201. The summed E-state index contributed by atoms with van der Waals surface area (Å²) in [6.45, 7) is 2.61. The quantitative estimate of drug-likeness (QED) is 0.698. The van der Waals surface area contributed by atoms with Crippen LogP contribution in [-0.2, 0) is 6.42 Å². The second kappa shape index (κ2) is 7.59. The standard InChI is InChI=1S/C20H20N2O2/c1-15-7-5-11-17(13-15)19-18(22-14-24-19)20(23)21-12-6-10-16-8-3-2-4-9-16/h2-5,7-9,11,13-14H,6,10,12H2,1H3,(H,21,23). The van der Waals surface area contributed by atoms with Gasteiger partial charge < -0.3 is 9.73 Å². The molecule has 3 aromatic rings. The van der Waals surface area contributed by atoms with Gasteiger partial charge in [-0.1, -0.05) is 54.1 Å². The van der Waals surface area contributed by atoms with E-state index in [0.29, 0.717) is 18.0 Å². The van der Waals surface area contributed by atoms with Crippen molar-refractivity contribution in [1.29, 1.82) is 0 Å². The van der Waals surface area contributed by atoms with Gasteiger partial charge in [0, 0.05) is 12.1 Å². The predicted octanol–water partition coefficient (Wildman–Crippen LogP) is 4.01. The molecule has 0 aliphatic rings. The summed E-state index contributed by atoms with van der Waals surface area (Å²) in [5.74, 6) is 0.313. The second-order valence-electron chi connectivity index (χ2n) is 5.74. The Hall–Kier alpha value is -2.88. The van der Waals surface area contributed by atoms with Gasteiger partial charge in [0.2, 0.25) is 0 Å². The van der Waals surface area contributed by atoms with Crippen molar-refractivity contribution in [2.75, 3.05) is 6.54 Å². The van der Waals surface area contributed by atoms with Crippen molar-refractivity contribution >= 4 is 5.91 Å². The first-order chi connectivity index (χ1) is 11.7. The molecule has 24 heavy (non-hydrogen) atoms. The Bertz CT molecular complexity index is 809. The van der Waals surface area contributed by atoms with Gasteiger partial charge in [-0.15, -0.1) is 0 Å². The SMILES string of the molecule is Cc1cccc(-c2ocnc2C(=O)NCCCc2ccccc2)c1. The van der Waals surface area contributed by atoms with E-state index in [9.17, 15) is 4.79 Å². The highest BCUT2D eigenvalue weighted by molar-refractivity contribution is 5.97. The number of benzene rings is 2. The minimum Gasteiger partial charge on any atom is -0.443 e. The van der Waals surface area contributed by atoms with Gasteiger partial charge in [0.15, 0.2) is 17.8 Å². The smallest absolute Gasteiger partial charge is 0.273 e. The van der Waals surface area contributed by atoms with Gasteiger partial charge in [0.05, 0.1) is 0 Å². The van der Waals surface area contributed by atoms with Crippen molar-refractivity contribution in [3.63, 3.8) is 0 Å². The normalized spacial score (nSPS) is 10.5. The fraction of sp³-hybridized carbons (Fsp3) is 0.200. The fourth-order valence-corrected chi connectivity index (χ4v) is 2.62. The lowest BCUT2D eigenvalue weighted by Crippen LogP contribution is -2.25. The van der Waals surface area contributed by atoms with Crippen LogP contribution in [0.25, 0.3) is 11.3 Å². The predicted molar refractivity (Wildman–Crippen MR) is 93.8 cm³/mol. The van der Waals surface area contributed by atoms with Crippen LogP contribution in [0.2, 0.25) is 0 Å². The van der Waals surface area contributed by atoms with E-state index in [1.165, 1.54) is 12.0 Å². The van der Waals surface area contributed by atoms with Crippen LogP contribution in [0.15, 0.2) is 65.4 Å². The van der Waals surface area contributed by atoms with Crippen LogP contribution < -0.4 is 5.32 Å². The average Bonchev–Trinajstić information content (AvgIpc) is 3.09. The number of aryl methyl sites for hydroxylation is 2. The molecule has 3 rings (SSSR count). The van der Waals surface area contributed by atoms with E-state index in [1.54, 1.807) is 0 Å². The largest absolute Gasteiger partial charge is 0.443 e. The van der Waals surface area contributed by atoms with Crippen molar-refractivity contribution in [3.05, 3.63) is 77.8 Å². The Labute approximate surface area is 141 Å². The Balaban J connectivity index is 1.59. The lowest BCUT2D eigenvalue weighted by molar-refractivity contribution is 0.0949. The highest BCUT2D eigenvalue weighted by Gasteiger charge is 2.17. The third kappa shape index (κ3) is 3.90. The second-order valence-corrected chi connectivity index (χ2v) is 5.74. The fourth-order valence-electron chi connectivity index (χ4n) is 2.62. The molecule has 0 saturated carbocycles. The maximum absolute atomic E-state index is 12.4. The van der Waals surface area contributed by atoms with E-state index < -0.39 is 0 Å². The Morgan fingerprint density at radius 2 is 1.96 bits per heavy atom. The van der Waals surface area contributed by atoms with Gasteiger partial charge >= 0.3 is 0 Å². The third-order valence-electron chi connectivity index (χ3n) is 3.83. The van der Waals surface area contributed by atoms with Gasteiger partial charge in [-0.3, -0.25) is 4.79 Å². The molecule has 1 N–H and O–H groups in total. The summed E-state index contributed by atoms with van der Waals surface area (Å²) < 4.78 is 5.43. The average molecular weight is 320 g/mol. The number of aromatic nitrogens is 1. The highest BCUT2D eigenvalue weighted by Crippen LogP contribution is 2.23. The molecule has 0 radical (unpaired) electrons. The molecule has 1 aromatic heterocycles. The molecule has 122 valence electrons. The number of nitrogens with one attached hydrogen (secondary N) is 1. The van der Waals surface area contributed by atoms with E-state index in [2.05, 4.69) is 22.4 Å². The zero-order valence-electron chi connectivity index (χ0n) is 13.7. The van der Waals surface area contributed by atoms with Gasteiger partial charge in [-0.05, 0) is 31.4 Å². The molecule has 0 bridgehead atoms. The third-order valence-corrected chi connectivity index (χ3v) is 3.83. The maximum atomic E-state index is 12.4. The number of amides is 1. The van der Waals surface area contributed by atoms with Gasteiger partial charge in [-0.25, -0.2) is 4.98 Å². The number of rotatable bonds is 6. The van der Waals surface area contributed by atoms with E-state index in [1.807, 2.05) is 49.4 Å². The summed E-state index contributed by atoms with van der Waals surface area (Å²) in [4.78, 5) is 16.4. The number of hydrogen-bond acceptors (Lipinski definition) is 3. The maximum Gasteiger partial charge on any atom is 0.273 e. The number of carbonyl (C=O) groups is 1. The highest BCUT2D eigenvalue weighted by atomic mass is 16.3. The summed E-state index contributed by atoms with van der Waals surface area (Å²) >= 11 is 0. The van der Waals surface area contributed by atoms with Crippen LogP contribution in [0.3, 0.4) is 0 Å². The molecule has 0 saturated heterocycles. The summed E-state index contributed by atoms with van der Waals surface area (Å²) in [7, 11) is 0. The molecular formula is C20H20N2O2. The Morgan fingerprint density at radius 3 is 2.75 bits per heavy atom. The molecule has 0 aliphatic heterocycles. The van der Waals surface area contributed by atoms with Gasteiger partial charge in [0.25, 0.3) is 5.91 Å². The zero-order chi connectivity index (χ0) is 16.8. The van der Waals surface area contributed by atoms with E-state index in [-0.39, 0.29) is 5.91 Å². The molecule has 0 atom stereocenters. The number of nitrogens with zero attached hydrogens (tertiary/aromatic N) is 1. The molecule has 2 aromatic carbocycles. The molecular weight excluding hydrogens is 300 g/mol. The number of oxazole rings is 1. The van der Waals surface area contributed by atoms with E-state index in [4.69, 9.17) is 4.42 Å². The van der Waals surface area contributed by atoms with Crippen LogP contribution in [-0.4, -0.2) is 17.4 Å². The molecule has 0 fully saturated rings. The lowest BCUT2D eigenvalue weighted by atomic mass is 10.1. The number of carbonyl (C=O) groups excluding carboxylic acids is 1. The van der Waals surface area contributed by atoms with Crippen LogP contribution in [0, 0.1) is 6.92 Å². The van der Waals surface area contributed by atoms with Crippen molar-refractivity contribution in [2.24, 2.45) is 0 Å². The minimum absolute atomic E-state index is 0.201. The van der Waals surface area contributed by atoms with Crippen molar-refractivity contribution in [3.8, 4) is 11.3 Å².